The average Bonchev–Trinajstić information content (AvgIpc) is 2.15. The second-order valence-corrected chi connectivity index (χ2v) is 4.36. The third kappa shape index (κ3) is 6.47. The molecule has 3 N–H and O–H groups in total. The first-order valence-corrected chi connectivity index (χ1v) is 5.59. The smallest absolute Gasteiger partial charge is 0.336 e. The summed E-state index contributed by atoms with van der Waals surface area (Å²) in [5.41, 5.74) is -1.67. The summed E-state index contributed by atoms with van der Waals surface area (Å²) in [6.45, 7) is 5.55. The molecular weight excluding hydrogens is 194 g/mol. The number of aliphatic carboxylic acids is 1. The van der Waals surface area contributed by atoms with Crippen LogP contribution in [0.25, 0.3) is 0 Å². The number of unbranched alkanes of at least 4 members (excludes halogenated alkanes) is 2. The molecule has 4 heteroatoms. The molecule has 2 atom stereocenters. The maximum atomic E-state index is 10.6. The van der Waals surface area contributed by atoms with Gasteiger partial charge in [-0.25, -0.2) is 4.79 Å². The fraction of sp³-hybridized carbons (Fsp3) is 0.909. The predicted octanol–water partition coefficient (Wildman–Crippen LogP) is 1.38. The van der Waals surface area contributed by atoms with E-state index in [1.54, 1.807) is 0 Å². The van der Waals surface area contributed by atoms with Gasteiger partial charge in [0.2, 0.25) is 0 Å². The standard InChI is InChI=1S/C11H23NO3/c1-4-5-6-7-9(2)12-8-11(3,15)10(13)14/h9,12,15H,4-8H2,1-3H3,(H,13,14). The van der Waals surface area contributed by atoms with Crippen molar-refractivity contribution >= 4 is 5.97 Å². The summed E-state index contributed by atoms with van der Waals surface area (Å²) in [6.07, 6.45) is 4.53. The summed E-state index contributed by atoms with van der Waals surface area (Å²) in [5.74, 6) is -1.18. The van der Waals surface area contributed by atoms with Gasteiger partial charge in [-0.3, -0.25) is 0 Å². The van der Waals surface area contributed by atoms with Crippen molar-refractivity contribution in [2.45, 2.75) is 58.1 Å². The van der Waals surface area contributed by atoms with E-state index in [0.717, 1.165) is 12.8 Å². The zero-order chi connectivity index (χ0) is 11.9. The van der Waals surface area contributed by atoms with E-state index < -0.39 is 11.6 Å². The summed E-state index contributed by atoms with van der Waals surface area (Å²) < 4.78 is 0. The Morgan fingerprint density at radius 1 is 1.47 bits per heavy atom. The summed E-state index contributed by atoms with van der Waals surface area (Å²) in [4.78, 5) is 10.6. The fourth-order valence-corrected chi connectivity index (χ4v) is 1.25. The molecule has 0 bridgehead atoms. The zero-order valence-corrected chi connectivity index (χ0v) is 9.92. The SMILES string of the molecule is CCCCCC(C)NCC(C)(O)C(=O)O. The number of hydrogen-bond acceptors (Lipinski definition) is 3. The van der Waals surface area contributed by atoms with Crippen molar-refractivity contribution in [2.24, 2.45) is 0 Å². The summed E-state index contributed by atoms with van der Waals surface area (Å²) in [5, 5.41) is 21.2. The van der Waals surface area contributed by atoms with E-state index in [-0.39, 0.29) is 12.6 Å². The highest BCUT2D eigenvalue weighted by Crippen LogP contribution is 2.05. The Hall–Kier alpha value is -0.610. The number of carboxylic acid groups (broad SMARTS) is 1. The first-order chi connectivity index (χ1) is 6.90. The minimum Gasteiger partial charge on any atom is -0.479 e. The molecule has 0 spiro atoms. The van der Waals surface area contributed by atoms with Gasteiger partial charge >= 0.3 is 5.97 Å². The van der Waals surface area contributed by atoms with Crippen molar-refractivity contribution in [3.05, 3.63) is 0 Å². The van der Waals surface area contributed by atoms with Gasteiger partial charge in [-0.2, -0.15) is 0 Å². The largest absolute Gasteiger partial charge is 0.479 e. The lowest BCUT2D eigenvalue weighted by Crippen LogP contribution is -2.47. The average molecular weight is 217 g/mol. The molecule has 0 fully saturated rings. The second kappa shape index (κ2) is 6.80. The molecule has 0 heterocycles. The van der Waals surface area contributed by atoms with Gasteiger partial charge in [0.1, 0.15) is 0 Å². The van der Waals surface area contributed by atoms with Crippen molar-refractivity contribution in [3.8, 4) is 0 Å². The molecule has 2 unspecified atom stereocenters. The Morgan fingerprint density at radius 3 is 2.53 bits per heavy atom. The van der Waals surface area contributed by atoms with Crippen LogP contribution >= 0.6 is 0 Å². The lowest BCUT2D eigenvalue weighted by atomic mass is 10.1. The van der Waals surface area contributed by atoms with Gasteiger partial charge in [-0.1, -0.05) is 26.2 Å². The molecule has 15 heavy (non-hydrogen) atoms. The van der Waals surface area contributed by atoms with E-state index in [4.69, 9.17) is 5.11 Å². The zero-order valence-electron chi connectivity index (χ0n) is 9.92. The number of aliphatic hydroxyl groups is 1. The maximum Gasteiger partial charge on any atom is 0.336 e. The van der Waals surface area contributed by atoms with Gasteiger partial charge in [0, 0.05) is 12.6 Å². The van der Waals surface area contributed by atoms with E-state index >= 15 is 0 Å². The molecule has 0 aliphatic rings. The second-order valence-electron chi connectivity index (χ2n) is 4.36. The molecule has 0 amide bonds. The van der Waals surface area contributed by atoms with Gasteiger partial charge in [-0.15, -0.1) is 0 Å². The number of rotatable bonds is 8. The van der Waals surface area contributed by atoms with Crippen LogP contribution < -0.4 is 5.32 Å². The molecule has 0 radical (unpaired) electrons. The number of hydrogen-bond donors (Lipinski definition) is 3. The van der Waals surface area contributed by atoms with Crippen molar-refractivity contribution in [1.82, 2.24) is 5.32 Å². The lowest BCUT2D eigenvalue weighted by molar-refractivity contribution is -0.156. The summed E-state index contributed by atoms with van der Waals surface area (Å²) in [6, 6.07) is 0.252. The van der Waals surface area contributed by atoms with E-state index in [9.17, 15) is 9.90 Å². The third-order valence-corrected chi connectivity index (χ3v) is 2.50. The molecule has 0 aromatic rings. The predicted molar refractivity (Wildman–Crippen MR) is 59.9 cm³/mol. The van der Waals surface area contributed by atoms with Gasteiger partial charge < -0.3 is 15.5 Å². The van der Waals surface area contributed by atoms with Crippen LogP contribution in [-0.2, 0) is 4.79 Å². The molecule has 90 valence electrons. The van der Waals surface area contributed by atoms with Crippen LogP contribution in [0, 0.1) is 0 Å². The lowest BCUT2D eigenvalue weighted by Gasteiger charge is -2.21. The topological polar surface area (TPSA) is 69.6 Å². The van der Waals surface area contributed by atoms with Crippen molar-refractivity contribution < 1.29 is 15.0 Å². The summed E-state index contributed by atoms with van der Waals surface area (Å²) in [7, 11) is 0. The molecule has 0 saturated carbocycles. The number of carboxylic acids is 1. The van der Waals surface area contributed by atoms with Crippen LogP contribution in [0.15, 0.2) is 0 Å². The summed E-state index contributed by atoms with van der Waals surface area (Å²) >= 11 is 0. The van der Waals surface area contributed by atoms with E-state index in [0.29, 0.717) is 0 Å². The number of carbonyl (C=O) groups is 1. The van der Waals surface area contributed by atoms with Crippen molar-refractivity contribution in [2.75, 3.05) is 6.54 Å². The Balaban J connectivity index is 3.70. The Bertz CT molecular complexity index is 192. The molecular formula is C11H23NO3. The van der Waals surface area contributed by atoms with Gasteiger partial charge in [0.15, 0.2) is 5.60 Å². The van der Waals surface area contributed by atoms with Crippen molar-refractivity contribution in [3.63, 3.8) is 0 Å². The van der Waals surface area contributed by atoms with Crippen molar-refractivity contribution in [1.29, 1.82) is 0 Å². The first-order valence-electron chi connectivity index (χ1n) is 5.59. The fourth-order valence-electron chi connectivity index (χ4n) is 1.25. The van der Waals surface area contributed by atoms with E-state index in [1.807, 2.05) is 6.92 Å². The minimum absolute atomic E-state index is 0.0929. The van der Waals surface area contributed by atoms with Crippen LogP contribution in [0.2, 0.25) is 0 Å². The quantitative estimate of drug-likeness (QED) is 0.537. The maximum absolute atomic E-state index is 10.6. The Labute approximate surface area is 91.7 Å². The van der Waals surface area contributed by atoms with Gasteiger partial charge in [-0.05, 0) is 20.3 Å². The van der Waals surface area contributed by atoms with Crippen LogP contribution in [0.1, 0.15) is 46.5 Å². The van der Waals surface area contributed by atoms with E-state index in [1.165, 1.54) is 19.8 Å². The number of nitrogens with one attached hydrogen (secondary N) is 1. The van der Waals surface area contributed by atoms with Crippen LogP contribution in [0.5, 0.6) is 0 Å². The highest BCUT2D eigenvalue weighted by molar-refractivity contribution is 5.76. The highest BCUT2D eigenvalue weighted by Gasteiger charge is 2.29. The van der Waals surface area contributed by atoms with E-state index in [2.05, 4.69) is 12.2 Å². The molecule has 4 nitrogen and oxygen atoms in total. The van der Waals surface area contributed by atoms with Crippen LogP contribution in [0.3, 0.4) is 0 Å². The van der Waals surface area contributed by atoms with Gasteiger partial charge in [0.25, 0.3) is 0 Å². The Kier molecular flexibility index (Phi) is 6.52. The molecule has 0 aliphatic carbocycles. The first kappa shape index (κ1) is 14.4. The molecule has 0 saturated heterocycles. The monoisotopic (exact) mass is 217 g/mol. The van der Waals surface area contributed by atoms with Crippen LogP contribution in [0.4, 0.5) is 0 Å². The van der Waals surface area contributed by atoms with Crippen LogP contribution in [-0.4, -0.2) is 34.4 Å². The van der Waals surface area contributed by atoms with Gasteiger partial charge in [0.05, 0.1) is 0 Å². The molecule has 0 aromatic carbocycles. The Morgan fingerprint density at radius 2 is 2.07 bits per heavy atom. The molecule has 0 aliphatic heterocycles. The minimum atomic E-state index is -1.67. The third-order valence-electron chi connectivity index (χ3n) is 2.50. The molecule has 0 rings (SSSR count). The normalized spacial score (nSPS) is 17.1. The highest BCUT2D eigenvalue weighted by atomic mass is 16.4. The molecule has 0 aromatic heterocycles.